The number of anilines is 1. The molecule has 2 aromatic rings. The number of ether oxygens (including phenoxy) is 2. The first-order valence-electron chi connectivity index (χ1n) is 7.60. The number of carbonyl (C=O) groups is 1. The van der Waals surface area contributed by atoms with Gasteiger partial charge in [0.15, 0.2) is 11.6 Å². The van der Waals surface area contributed by atoms with Crippen molar-refractivity contribution in [3.8, 4) is 5.75 Å². The molecule has 1 aliphatic heterocycles. The molecule has 0 aliphatic carbocycles. The summed E-state index contributed by atoms with van der Waals surface area (Å²) in [4.78, 5) is 12.8. The molecule has 0 aromatic heterocycles. The monoisotopic (exact) mass is 367 g/mol. The second-order valence-electron chi connectivity index (χ2n) is 6.10. The summed E-state index contributed by atoms with van der Waals surface area (Å²) < 4.78 is 48.4. The van der Waals surface area contributed by atoms with Crippen LogP contribution in [-0.2, 0) is 15.1 Å². The molecule has 1 heterocycles. The zero-order valence-corrected chi connectivity index (χ0v) is 14.0. The van der Waals surface area contributed by atoms with Crippen molar-refractivity contribution in [1.82, 2.24) is 0 Å². The van der Waals surface area contributed by atoms with Gasteiger partial charge in [-0.1, -0.05) is 12.1 Å². The predicted octanol–water partition coefficient (Wildman–Crippen LogP) is 2.88. The van der Waals surface area contributed by atoms with Crippen LogP contribution in [0.25, 0.3) is 10.8 Å². The van der Waals surface area contributed by atoms with E-state index in [1.54, 1.807) is 30.3 Å². The number of hydrogen-bond donors (Lipinski definition) is 2. The molecular weight excluding hydrogens is 351 g/mol. The minimum absolute atomic E-state index is 0.199. The summed E-state index contributed by atoms with van der Waals surface area (Å²) in [5, 5.41) is 8.91. The molecule has 0 fully saturated rings. The van der Waals surface area contributed by atoms with Gasteiger partial charge in [0.25, 0.3) is 0 Å². The first-order valence-corrected chi connectivity index (χ1v) is 7.60. The number of esters is 1. The number of hydrogen-bond acceptors (Lipinski definition) is 4. The molecule has 1 aliphatic rings. The van der Waals surface area contributed by atoms with Crippen molar-refractivity contribution in [2.45, 2.75) is 18.7 Å². The van der Waals surface area contributed by atoms with Crippen LogP contribution in [0.15, 0.2) is 30.3 Å². The predicted molar refractivity (Wildman–Crippen MR) is 89.3 cm³/mol. The number of fused-ring (bicyclic) bond motifs is 3. The van der Waals surface area contributed by atoms with Crippen LogP contribution in [0.2, 0.25) is 0 Å². The molecule has 3 rings (SSSR count). The van der Waals surface area contributed by atoms with Crippen LogP contribution in [-0.4, -0.2) is 31.8 Å². The lowest BCUT2D eigenvalue weighted by Crippen LogP contribution is -2.43. The van der Waals surface area contributed by atoms with E-state index >= 15 is 0 Å². The van der Waals surface area contributed by atoms with Crippen LogP contribution in [0.3, 0.4) is 0 Å². The van der Waals surface area contributed by atoms with Gasteiger partial charge in [0.05, 0.1) is 19.3 Å². The Morgan fingerprint density at radius 2 is 1.96 bits per heavy atom. The smallest absolute Gasteiger partial charge is 0.490 e. The number of nitrogens with zero attached hydrogens (tertiary/aromatic N) is 1. The molecule has 1 unspecified atom stereocenters. The molecule has 6 nitrogen and oxygen atoms in total. The number of methoxy groups -OCH3 is 1. The first-order chi connectivity index (χ1) is 12.1. The lowest BCUT2D eigenvalue weighted by atomic mass is 9.92. The Hall–Kier alpha value is -2.97. The third-order valence-corrected chi connectivity index (χ3v) is 4.34. The quantitative estimate of drug-likeness (QED) is 0.484. The molecule has 0 radical (unpaired) electrons. The summed E-state index contributed by atoms with van der Waals surface area (Å²) in [6.45, 7) is 1.17. The molecule has 0 bridgehead atoms. The number of alkyl halides is 3. The van der Waals surface area contributed by atoms with E-state index in [2.05, 4.69) is 0 Å². The summed E-state index contributed by atoms with van der Waals surface area (Å²) in [7, 11) is 1.48. The summed E-state index contributed by atoms with van der Waals surface area (Å²) in [6, 6.07) is 8.43. The maximum Gasteiger partial charge on any atom is 0.490 e. The van der Waals surface area contributed by atoms with Crippen molar-refractivity contribution in [3.05, 3.63) is 35.9 Å². The fourth-order valence-corrected chi connectivity index (χ4v) is 3.30. The first kappa shape index (κ1) is 17.8. The van der Waals surface area contributed by atoms with Crippen LogP contribution in [0.1, 0.15) is 12.5 Å². The Morgan fingerprint density at radius 1 is 1.27 bits per heavy atom. The van der Waals surface area contributed by atoms with Crippen LogP contribution in [0.5, 0.6) is 5.75 Å². The molecule has 1 atom stereocenters. The van der Waals surface area contributed by atoms with E-state index in [1.165, 1.54) is 18.9 Å². The van der Waals surface area contributed by atoms with Gasteiger partial charge in [-0.3, -0.25) is 5.41 Å². The van der Waals surface area contributed by atoms with Gasteiger partial charge in [-0.05, 0) is 30.5 Å². The van der Waals surface area contributed by atoms with Crippen molar-refractivity contribution in [2.24, 2.45) is 5.73 Å². The number of halogens is 3. The standard InChI is InChI=1S/C17H16F3N3O3/c1-16(26-14(24)17(18,19)20)8-23(15(21)22)11-7-6-9-10(13(11)16)4-3-5-12(9)25-2/h3-7H,8H2,1-2H3,(H3,21,22). The number of nitrogens with two attached hydrogens (primary N) is 1. The molecule has 0 saturated carbocycles. The number of nitrogens with one attached hydrogen (secondary N) is 1. The van der Waals surface area contributed by atoms with E-state index in [9.17, 15) is 18.0 Å². The molecule has 2 aromatic carbocycles. The zero-order chi connectivity index (χ0) is 19.3. The third-order valence-electron chi connectivity index (χ3n) is 4.34. The van der Waals surface area contributed by atoms with Gasteiger partial charge >= 0.3 is 12.1 Å². The van der Waals surface area contributed by atoms with E-state index in [1.807, 2.05) is 0 Å². The summed E-state index contributed by atoms with van der Waals surface area (Å²) in [5.41, 5.74) is 4.69. The maximum absolute atomic E-state index is 12.8. The fraction of sp³-hybridized carbons (Fsp3) is 0.294. The minimum Gasteiger partial charge on any atom is -0.496 e. The molecule has 0 spiro atoms. The van der Waals surface area contributed by atoms with Crippen LogP contribution in [0.4, 0.5) is 18.9 Å². The van der Waals surface area contributed by atoms with Crippen molar-refractivity contribution >= 4 is 28.4 Å². The topological polar surface area (TPSA) is 88.6 Å². The van der Waals surface area contributed by atoms with Gasteiger partial charge < -0.3 is 20.1 Å². The maximum atomic E-state index is 12.8. The SMILES string of the molecule is COc1cccc2c3c(ccc12)N(C(=N)N)CC3(C)OC(=O)C(F)(F)F. The number of rotatable bonds is 2. The van der Waals surface area contributed by atoms with E-state index in [0.29, 0.717) is 27.8 Å². The highest BCUT2D eigenvalue weighted by Crippen LogP contribution is 2.47. The Kier molecular flexibility index (Phi) is 3.97. The highest BCUT2D eigenvalue weighted by molar-refractivity contribution is 6.03. The third kappa shape index (κ3) is 2.69. The largest absolute Gasteiger partial charge is 0.496 e. The van der Waals surface area contributed by atoms with Gasteiger partial charge in [0, 0.05) is 10.9 Å². The van der Waals surface area contributed by atoms with Crippen LogP contribution < -0.4 is 15.4 Å². The molecular formula is C17H16F3N3O3. The number of guanidine groups is 1. The fourth-order valence-electron chi connectivity index (χ4n) is 3.30. The van der Waals surface area contributed by atoms with E-state index in [-0.39, 0.29) is 12.5 Å². The lowest BCUT2D eigenvalue weighted by Gasteiger charge is -2.27. The zero-order valence-electron chi connectivity index (χ0n) is 14.0. The summed E-state index contributed by atoms with van der Waals surface area (Å²) >= 11 is 0. The Bertz CT molecular complexity index is 913. The van der Waals surface area contributed by atoms with Crippen molar-refractivity contribution in [1.29, 1.82) is 5.41 Å². The van der Waals surface area contributed by atoms with Crippen LogP contribution >= 0.6 is 0 Å². The Labute approximate surface area is 146 Å². The molecule has 0 saturated heterocycles. The lowest BCUT2D eigenvalue weighted by molar-refractivity contribution is -0.212. The van der Waals surface area contributed by atoms with Gasteiger partial charge in [-0.2, -0.15) is 13.2 Å². The Balaban J connectivity index is 2.24. The van der Waals surface area contributed by atoms with E-state index in [4.69, 9.17) is 20.6 Å². The van der Waals surface area contributed by atoms with Gasteiger partial charge in [0.2, 0.25) is 0 Å². The number of benzene rings is 2. The molecule has 0 amide bonds. The van der Waals surface area contributed by atoms with Crippen molar-refractivity contribution < 1.29 is 27.4 Å². The normalized spacial score (nSPS) is 19.3. The second kappa shape index (κ2) is 5.79. The molecule has 3 N–H and O–H groups in total. The minimum atomic E-state index is -5.13. The van der Waals surface area contributed by atoms with E-state index < -0.39 is 17.7 Å². The second-order valence-corrected chi connectivity index (χ2v) is 6.10. The van der Waals surface area contributed by atoms with Gasteiger partial charge in [-0.15, -0.1) is 0 Å². The van der Waals surface area contributed by atoms with Gasteiger partial charge in [-0.25, -0.2) is 4.79 Å². The Morgan fingerprint density at radius 3 is 2.54 bits per heavy atom. The summed E-state index contributed by atoms with van der Waals surface area (Å²) in [5.74, 6) is -2.13. The summed E-state index contributed by atoms with van der Waals surface area (Å²) in [6.07, 6.45) is -5.13. The van der Waals surface area contributed by atoms with Crippen molar-refractivity contribution in [3.63, 3.8) is 0 Å². The average Bonchev–Trinajstić information content (AvgIpc) is 2.87. The molecule has 9 heteroatoms. The van der Waals surface area contributed by atoms with E-state index in [0.717, 1.165) is 0 Å². The van der Waals surface area contributed by atoms with Crippen LogP contribution in [0, 0.1) is 5.41 Å². The average molecular weight is 367 g/mol. The highest BCUT2D eigenvalue weighted by atomic mass is 19.4. The highest BCUT2D eigenvalue weighted by Gasteiger charge is 2.50. The number of carbonyl (C=O) groups excluding carboxylic acids is 1. The molecule has 138 valence electrons. The van der Waals surface area contributed by atoms with Crippen molar-refractivity contribution in [2.75, 3.05) is 18.6 Å². The molecule has 26 heavy (non-hydrogen) atoms. The van der Waals surface area contributed by atoms with Gasteiger partial charge in [0.1, 0.15) is 5.75 Å².